The molecule has 0 fully saturated rings. The Hall–Kier alpha value is -2.27. The summed E-state index contributed by atoms with van der Waals surface area (Å²) in [4.78, 5) is 24.2. The molecular weight excluding hydrogens is 328 g/mol. The van der Waals surface area contributed by atoms with Gasteiger partial charge < -0.3 is 14.6 Å². The van der Waals surface area contributed by atoms with Crippen molar-refractivity contribution in [3.63, 3.8) is 0 Å². The smallest absolute Gasteiger partial charge is 0.250 e. The first kappa shape index (κ1) is 16.6. The molecule has 3 rings (SSSR count). The number of carbonyl (C=O) groups is 1. The third-order valence-corrected chi connectivity index (χ3v) is 4.25. The first-order chi connectivity index (χ1) is 11.6. The van der Waals surface area contributed by atoms with E-state index in [1.54, 1.807) is 22.9 Å². The van der Waals surface area contributed by atoms with Crippen LogP contribution >= 0.6 is 11.6 Å². The highest BCUT2D eigenvalue weighted by molar-refractivity contribution is 6.30. The molecule has 1 aromatic heterocycles. The number of carbonyl (C=O) groups excluding carboxylic acids is 1. The van der Waals surface area contributed by atoms with Crippen LogP contribution < -0.4 is 15.6 Å². The van der Waals surface area contributed by atoms with Gasteiger partial charge in [0.1, 0.15) is 12.4 Å². The van der Waals surface area contributed by atoms with Crippen molar-refractivity contribution in [1.82, 2.24) is 4.57 Å². The molecule has 5 nitrogen and oxygen atoms in total. The number of hydrogen-bond donors (Lipinski definition) is 1. The Labute approximate surface area is 145 Å². The molecule has 24 heavy (non-hydrogen) atoms. The largest absolute Gasteiger partial charge is 0.492 e. The van der Waals surface area contributed by atoms with Crippen LogP contribution in [0.1, 0.15) is 18.9 Å². The summed E-state index contributed by atoms with van der Waals surface area (Å²) in [7, 11) is 0. The van der Waals surface area contributed by atoms with Gasteiger partial charge in [-0.15, -0.1) is 0 Å². The molecule has 1 atom stereocenters. The monoisotopic (exact) mass is 346 g/mol. The van der Waals surface area contributed by atoms with Gasteiger partial charge in [0.05, 0.1) is 11.6 Å². The van der Waals surface area contributed by atoms with Crippen molar-refractivity contribution < 1.29 is 9.53 Å². The van der Waals surface area contributed by atoms with Crippen LogP contribution in [0.2, 0.25) is 5.02 Å². The summed E-state index contributed by atoms with van der Waals surface area (Å²) in [6.07, 6.45) is 3.11. The highest BCUT2D eigenvalue weighted by Crippen LogP contribution is 2.30. The third kappa shape index (κ3) is 3.62. The van der Waals surface area contributed by atoms with Gasteiger partial charge in [0, 0.05) is 23.8 Å². The molecule has 1 amide bonds. The van der Waals surface area contributed by atoms with Crippen molar-refractivity contribution in [1.29, 1.82) is 0 Å². The molecule has 1 aliphatic rings. The lowest BCUT2D eigenvalue weighted by molar-refractivity contribution is -0.121. The fourth-order valence-electron chi connectivity index (χ4n) is 2.80. The Morgan fingerprint density at radius 1 is 1.38 bits per heavy atom. The SMILES string of the molecule is CCCn1cc(NC(=O)C2COc3ccc(Cl)cc3C2)ccc1=O. The number of rotatable bonds is 4. The fourth-order valence-corrected chi connectivity index (χ4v) is 2.99. The number of aryl methyl sites for hydroxylation is 1. The van der Waals surface area contributed by atoms with E-state index in [0.29, 0.717) is 30.3 Å². The molecule has 2 aromatic rings. The van der Waals surface area contributed by atoms with Crippen LogP contribution in [-0.2, 0) is 17.8 Å². The van der Waals surface area contributed by atoms with Gasteiger partial charge in [0.25, 0.3) is 5.56 Å². The molecule has 1 aromatic carbocycles. The van der Waals surface area contributed by atoms with E-state index < -0.39 is 0 Å². The van der Waals surface area contributed by atoms with Crippen molar-refractivity contribution in [2.45, 2.75) is 26.3 Å². The van der Waals surface area contributed by atoms with Crippen molar-refractivity contribution >= 4 is 23.2 Å². The zero-order valence-corrected chi connectivity index (χ0v) is 14.2. The number of hydrogen-bond acceptors (Lipinski definition) is 3. The van der Waals surface area contributed by atoms with Crippen molar-refractivity contribution in [3.8, 4) is 5.75 Å². The van der Waals surface area contributed by atoms with Gasteiger partial charge >= 0.3 is 0 Å². The number of nitrogens with one attached hydrogen (secondary N) is 1. The highest BCUT2D eigenvalue weighted by atomic mass is 35.5. The van der Waals surface area contributed by atoms with Gasteiger partial charge in [0.15, 0.2) is 0 Å². The molecule has 126 valence electrons. The van der Waals surface area contributed by atoms with E-state index in [0.717, 1.165) is 17.7 Å². The van der Waals surface area contributed by atoms with Crippen LogP contribution in [0.25, 0.3) is 0 Å². The Morgan fingerprint density at radius 2 is 2.21 bits per heavy atom. The normalized spacial score (nSPS) is 16.2. The molecule has 1 N–H and O–H groups in total. The number of pyridine rings is 1. The summed E-state index contributed by atoms with van der Waals surface area (Å²) in [5, 5.41) is 3.50. The maximum Gasteiger partial charge on any atom is 0.250 e. The summed E-state index contributed by atoms with van der Waals surface area (Å²) < 4.78 is 7.26. The maximum absolute atomic E-state index is 12.5. The first-order valence-electron chi connectivity index (χ1n) is 7.99. The molecule has 1 unspecified atom stereocenters. The van der Waals surface area contributed by atoms with Crippen LogP contribution in [0.3, 0.4) is 0 Å². The minimum atomic E-state index is -0.289. The molecule has 0 radical (unpaired) electrons. The van der Waals surface area contributed by atoms with Gasteiger partial charge in [0.2, 0.25) is 5.91 Å². The van der Waals surface area contributed by atoms with Gasteiger partial charge in [-0.25, -0.2) is 0 Å². The number of nitrogens with zero attached hydrogens (tertiary/aromatic N) is 1. The Bertz CT molecular complexity index is 816. The van der Waals surface area contributed by atoms with E-state index >= 15 is 0 Å². The number of aromatic nitrogens is 1. The van der Waals surface area contributed by atoms with E-state index in [-0.39, 0.29) is 17.4 Å². The van der Waals surface area contributed by atoms with Crippen LogP contribution in [0.5, 0.6) is 5.75 Å². The Balaban J connectivity index is 1.72. The molecule has 0 spiro atoms. The molecule has 0 bridgehead atoms. The molecule has 2 heterocycles. The molecule has 0 saturated carbocycles. The second-order valence-electron chi connectivity index (χ2n) is 5.90. The molecular formula is C18H19ClN2O3. The van der Waals surface area contributed by atoms with E-state index in [4.69, 9.17) is 16.3 Å². The third-order valence-electron chi connectivity index (χ3n) is 4.02. The molecule has 0 saturated heterocycles. The lowest BCUT2D eigenvalue weighted by atomic mass is 9.96. The molecule has 1 aliphatic heterocycles. The molecule has 6 heteroatoms. The zero-order valence-electron chi connectivity index (χ0n) is 13.4. The summed E-state index contributed by atoms with van der Waals surface area (Å²) >= 11 is 6.01. The van der Waals surface area contributed by atoms with E-state index in [1.807, 2.05) is 19.1 Å². The van der Waals surface area contributed by atoms with Crippen LogP contribution in [0, 0.1) is 5.92 Å². The predicted molar refractivity (Wildman–Crippen MR) is 93.8 cm³/mol. The lowest BCUT2D eigenvalue weighted by Gasteiger charge is -2.24. The van der Waals surface area contributed by atoms with Crippen LogP contribution in [0.4, 0.5) is 5.69 Å². The lowest BCUT2D eigenvalue weighted by Crippen LogP contribution is -2.33. The zero-order chi connectivity index (χ0) is 17.1. The second-order valence-corrected chi connectivity index (χ2v) is 6.34. The highest BCUT2D eigenvalue weighted by Gasteiger charge is 2.26. The van der Waals surface area contributed by atoms with Crippen LogP contribution in [-0.4, -0.2) is 17.1 Å². The maximum atomic E-state index is 12.5. The van der Waals surface area contributed by atoms with E-state index in [1.165, 1.54) is 6.07 Å². The summed E-state index contributed by atoms with van der Waals surface area (Å²) in [5.74, 6) is 0.366. The number of benzene rings is 1. The Morgan fingerprint density at radius 3 is 3.00 bits per heavy atom. The summed E-state index contributed by atoms with van der Waals surface area (Å²) in [6, 6.07) is 8.53. The van der Waals surface area contributed by atoms with Crippen molar-refractivity contribution in [2.75, 3.05) is 11.9 Å². The average Bonchev–Trinajstić information content (AvgIpc) is 2.57. The second kappa shape index (κ2) is 7.09. The number of fused-ring (bicyclic) bond motifs is 1. The standard InChI is InChI=1S/C18H19ClN2O3/c1-2-7-21-10-15(4-6-17(21)22)20-18(23)13-8-12-9-14(19)3-5-16(12)24-11-13/h3-6,9-10,13H,2,7-8,11H2,1H3,(H,20,23). The quantitative estimate of drug-likeness (QED) is 0.925. The first-order valence-corrected chi connectivity index (χ1v) is 8.37. The number of anilines is 1. The van der Waals surface area contributed by atoms with E-state index in [9.17, 15) is 9.59 Å². The Kier molecular flexibility index (Phi) is 4.90. The summed E-state index contributed by atoms with van der Waals surface area (Å²) in [5.41, 5.74) is 1.48. The molecule has 0 aliphatic carbocycles. The van der Waals surface area contributed by atoms with Crippen molar-refractivity contribution in [3.05, 3.63) is 57.5 Å². The van der Waals surface area contributed by atoms with Gasteiger partial charge in [-0.2, -0.15) is 0 Å². The number of halogens is 1. The van der Waals surface area contributed by atoms with Crippen LogP contribution in [0.15, 0.2) is 41.3 Å². The number of amides is 1. The van der Waals surface area contributed by atoms with Gasteiger partial charge in [-0.05, 0) is 42.7 Å². The topological polar surface area (TPSA) is 60.3 Å². The van der Waals surface area contributed by atoms with Gasteiger partial charge in [-0.3, -0.25) is 9.59 Å². The van der Waals surface area contributed by atoms with E-state index in [2.05, 4.69) is 5.32 Å². The average molecular weight is 347 g/mol. The van der Waals surface area contributed by atoms with Crippen molar-refractivity contribution in [2.24, 2.45) is 5.92 Å². The summed E-state index contributed by atoms with van der Waals surface area (Å²) in [6.45, 7) is 2.95. The minimum Gasteiger partial charge on any atom is -0.492 e. The van der Waals surface area contributed by atoms with Gasteiger partial charge in [-0.1, -0.05) is 18.5 Å². The minimum absolute atomic E-state index is 0.0700. The fraction of sp³-hybridized carbons (Fsp3) is 0.333. The number of ether oxygens (including phenoxy) is 1. The predicted octanol–water partition coefficient (Wildman–Crippen LogP) is 3.10.